The Hall–Kier alpha value is -2.61. The van der Waals surface area contributed by atoms with Crippen LogP contribution in [0, 0.1) is 12.7 Å². The maximum Gasteiger partial charge on any atom is 0.280 e. The maximum absolute atomic E-state index is 13.3. The average Bonchev–Trinajstić information content (AvgIpc) is 3.11. The highest BCUT2D eigenvalue weighted by atomic mass is 19.1. The lowest BCUT2D eigenvalue weighted by atomic mass is 10.1. The van der Waals surface area contributed by atoms with Gasteiger partial charge in [-0.15, -0.1) is 5.10 Å². The second-order valence-corrected chi connectivity index (χ2v) is 4.54. The van der Waals surface area contributed by atoms with Crippen molar-refractivity contribution in [3.63, 3.8) is 0 Å². The molecule has 2 aromatic heterocycles. The summed E-state index contributed by atoms with van der Waals surface area (Å²) >= 11 is 0. The zero-order chi connectivity index (χ0) is 14.8. The van der Waals surface area contributed by atoms with E-state index < -0.39 is 0 Å². The molecule has 0 spiro atoms. The third-order valence-corrected chi connectivity index (χ3v) is 2.96. The first-order valence-corrected chi connectivity index (χ1v) is 6.38. The van der Waals surface area contributed by atoms with Gasteiger partial charge in [0.2, 0.25) is 5.82 Å². The fourth-order valence-corrected chi connectivity index (χ4v) is 1.87. The molecule has 0 radical (unpaired) electrons. The molecule has 0 atom stereocenters. The van der Waals surface area contributed by atoms with E-state index in [1.807, 2.05) is 0 Å². The van der Waals surface area contributed by atoms with Gasteiger partial charge in [0, 0.05) is 12.1 Å². The summed E-state index contributed by atoms with van der Waals surface area (Å²) in [6, 6.07) is 4.63. The maximum atomic E-state index is 13.3. The Bertz CT molecular complexity index is 766. The summed E-state index contributed by atoms with van der Waals surface area (Å²) in [5.41, 5.74) is 7.12. The van der Waals surface area contributed by atoms with Crippen molar-refractivity contribution in [2.45, 2.75) is 13.5 Å². The number of benzene rings is 1. The van der Waals surface area contributed by atoms with Gasteiger partial charge in [-0.25, -0.2) is 4.39 Å². The van der Waals surface area contributed by atoms with Gasteiger partial charge in [-0.3, -0.25) is 4.68 Å². The summed E-state index contributed by atoms with van der Waals surface area (Å²) in [5, 5.41) is 11.7. The molecule has 3 aromatic rings. The van der Waals surface area contributed by atoms with Crippen LogP contribution >= 0.6 is 0 Å². The van der Waals surface area contributed by atoms with Gasteiger partial charge in [0.1, 0.15) is 5.82 Å². The Balaban J connectivity index is 1.89. The lowest BCUT2D eigenvalue weighted by Crippen LogP contribution is -2.10. The van der Waals surface area contributed by atoms with E-state index in [0.717, 1.165) is 0 Å². The third kappa shape index (κ3) is 2.65. The van der Waals surface area contributed by atoms with E-state index in [1.54, 1.807) is 29.9 Å². The zero-order valence-corrected chi connectivity index (χ0v) is 11.3. The van der Waals surface area contributed by atoms with Gasteiger partial charge < -0.3 is 10.3 Å². The lowest BCUT2D eigenvalue weighted by molar-refractivity contribution is 0.431. The number of halogens is 1. The molecule has 0 saturated heterocycles. The smallest absolute Gasteiger partial charge is 0.280 e. The molecule has 7 nitrogen and oxygen atoms in total. The molecule has 21 heavy (non-hydrogen) atoms. The first kappa shape index (κ1) is 13.4. The van der Waals surface area contributed by atoms with Gasteiger partial charge in [0.25, 0.3) is 5.89 Å². The van der Waals surface area contributed by atoms with Crippen LogP contribution in [-0.2, 0) is 6.54 Å². The van der Waals surface area contributed by atoms with Crippen LogP contribution in [-0.4, -0.2) is 31.7 Å². The van der Waals surface area contributed by atoms with Crippen molar-refractivity contribution in [1.29, 1.82) is 0 Å². The lowest BCUT2D eigenvalue weighted by Gasteiger charge is -1.97. The molecule has 0 aliphatic carbocycles. The van der Waals surface area contributed by atoms with Crippen molar-refractivity contribution in [2.75, 3.05) is 6.54 Å². The second kappa shape index (κ2) is 5.41. The van der Waals surface area contributed by atoms with Crippen LogP contribution in [0.4, 0.5) is 4.39 Å². The average molecular weight is 288 g/mol. The van der Waals surface area contributed by atoms with Crippen molar-refractivity contribution >= 4 is 0 Å². The highest BCUT2D eigenvalue weighted by Crippen LogP contribution is 2.22. The van der Waals surface area contributed by atoms with E-state index in [1.165, 1.54) is 6.07 Å². The van der Waals surface area contributed by atoms with Gasteiger partial charge in [0.15, 0.2) is 5.69 Å². The number of aromatic nitrogens is 5. The molecule has 0 bridgehead atoms. The molecule has 0 aliphatic heterocycles. The SMILES string of the molecule is Cc1cc(-c2noc(-c3cn(CCN)nn3)n2)ccc1F. The fourth-order valence-electron chi connectivity index (χ4n) is 1.87. The molecular weight excluding hydrogens is 275 g/mol. The monoisotopic (exact) mass is 288 g/mol. The molecule has 0 aliphatic rings. The summed E-state index contributed by atoms with van der Waals surface area (Å²) in [7, 11) is 0. The highest BCUT2D eigenvalue weighted by Gasteiger charge is 2.14. The number of hydrogen-bond donors (Lipinski definition) is 1. The number of rotatable bonds is 4. The summed E-state index contributed by atoms with van der Waals surface area (Å²) in [6.45, 7) is 2.70. The predicted octanol–water partition coefficient (Wildman–Crippen LogP) is 1.40. The largest absolute Gasteiger partial charge is 0.332 e. The van der Waals surface area contributed by atoms with Crippen LogP contribution in [0.2, 0.25) is 0 Å². The van der Waals surface area contributed by atoms with Crippen LogP contribution < -0.4 is 5.73 Å². The van der Waals surface area contributed by atoms with E-state index in [9.17, 15) is 4.39 Å². The molecule has 3 rings (SSSR count). The van der Waals surface area contributed by atoms with E-state index in [-0.39, 0.29) is 11.7 Å². The molecule has 0 fully saturated rings. The second-order valence-electron chi connectivity index (χ2n) is 4.54. The first-order chi connectivity index (χ1) is 10.2. The minimum Gasteiger partial charge on any atom is -0.332 e. The molecule has 8 heteroatoms. The molecule has 108 valence electrons. The van der Waals surface area contributed by atoms with Crippen LogP contribution in [0.3, 0.4) is 0 Å². The van der Waals surface area contributed by atoms with Crippen LogP contribution in [0.25, 0.3) is 23.0 Å². The Morgan fingerprint density at radius 1 is 1.38 bits per heavy atom. The van der Waals surface area contributed by atoms with Gasteiger partial charge in [-0.1, -0.05) is 10.4 Å². The van der Waals surface area contributed by atoms with Crippen molar-refractivity contribution < 1.29 is 8.91 Å². The van der Waals surface area contributed by atoms with E-state index in [0.29, 0.717) is 35.7 Å². The van der Waals surface area contributed by atoms with Crippen molar-refractivity contribution in [3.8, 4) is 23.0 Å². The highest BCUT2D eigenvalue weighted by molar-refractivity contribution is 5.58. The molecule has 1 aromatic carbocycles. The topological polar surface area (TPSA) is 95.7 Å². The van der Waals surface area contributed by atoms with E-state index in [2.05, 4.69) is 20.5 Å². The first-order valence-electron chi connectivity index (χ1n) is 6.38. The van der Waals surface area contributed by atoms with Crippen molar-refractivity contribution in [1.82, 2.24) is 25.1 Å². The van der Waals surface area contributed by atoms with Gasteiger partial charge >= 0.3 is 0 Å². The Labute approximate surface area is 119 Å². The van der Waals surface area contributed by atoms with Gasteiger partial charge in [0.05, 0.1) is 12.7 Å². The standard InChI is InChI=1S/C13H13FN6O/c1-8-6-9(2-3-10(8)14)12-16-13(21-18-12)11-7-20(5-4-15)19-17-11/h2-3,6-7H,4-5,15H2,1H3. The van der Waals surface area contributed by atoms with Gasteiger partial charge in [-0.05, 0) is 30.7 Å². The summed E-state index contributed by atoms with van der Waals surface area (Å²) in [5.74, 6) is 0.365. The number of hydrogen-bond acceptors (Lipinski definition) is 6. The minimum atomic E-state index is -0.271. The third-order valence-electron chi connectivity index (χ3n) is 2.96. The molecule has 2 N–H and O–H groups in total. The van der Waals surface area contributed by atoms with E-state index >= 15 is 0 Å². The van der Waals surface area contributed by atoms with Crippen molar-refractivity contribution in [2.24, 2.45) is 5.73 Å². The van der Waals surface area contributed by atoms with Crippen molar-refractivity contribution in [3.05, 3.63) is 35.8 Å². The summed E-state index contributed by atoms with van der Waals surface area (Å²) in [6.07, 6.45) is 1.68. The molecule has 0 unspecified atom stereocenters. The number of aryl methyl sites for hydroxylation is 1. The quantitative estimate of drug-likeness (QED) is 0.779. The Morgan fingerprint density at radius 3 is 3.00 bits per heavy atom. The summed E-state index contributed by atoms with van der Waals surface area (Å²) < 4.78 is 20.0. The van der Waals surface area contributed by atoms with Gasteiger partial charge in [-0.2, -0.15) is 4.98 Å². The molecule has 2 heterocycles. The normalized spacial score (nSPS) is 11.0. The minimum absolute atomic E-state index is 0.259. The predicted molar refractivity (Wildman–Crippen MR) is 72.5 cm³/mol. The molecular formula is C13H13FN6O. The fraction of sp³-hybridized carbons (Fsp3) is 0.231. The Kier molecular flexibility index (Phi) is 3.44. The summed E-state index contributed by atoms with van der Waals surface area (Å²) in [4.78, 5) is 4.25. The van der Waals surface area contributed by atoms with Crippen LogP contribution in [0.1, 0.15) is 5.56 Å². The molecule has 0 amide bonds. The van der Waals surface area contributed by atoms with Crippen LogP contribution in [0.15, 0.2) is 28.9 Å². The van der Waals surface area contributed by atoms with E-state index in [4.69, 9.17) is 10.3 Å². The Morgan fingerprint density at radius 2 is 2.24 bits per heavy atom. The zero-order valence-electron chi connectivity index (χ0n) is 11.3. The molecule has 0 saturated carbocycles. The van der Waals surface area contributed by atoms with Crippen LogP contribution in [0.5, 0.6) is 0 Å². The number of nitrogens with two attached hydrogens (primary N) is 1. The number of nitrogens with zero attached hydrogens (tertiary/aromatic N) is 5.